The van der Waals surface area contributed by atoms with Crippen LogP contribution in [0.4, 0.5) is 8.78 Å². The zero-order valence-corrected chi connectivity index (χ0v) is 10.2. The Morgan fingerprint density at radius 3 is 2.95 bits per heavy atom. The third-order valence-electron chi connectivity index (χ3n) is 3.15. The molecule has 0 aliphatic heterocycles. The minimum Gasteiger partial charge on any atom is -0.349 e. The highest BCUT2D eigenvalue weighted by atomic mass is 19.3. The van der Waals surface area contributed by atoms with Gasteiger partial charge in [0.2, 0.25) is 0 Å². The topological polar surface area (TPSA) is 59.3 Å². The molecule has 2 aromatic heterocycles. The normalized spacial score (nSPS) is 18.3. The van der Waals surface area contributed by atoms with E-state index in [-0.39, 0.29) is 12.8 Å². The lowest BCUT2D eigenvalue weighted by Crippen LogP contribution is -2.50. The van der Waals surface area contributed by atoms with Crippen LogP contribution in [-0.2, 0) is 0 Å². The average molecular weight is 266 g/mol. The van der Waals surface area contributed by atoms with Gasteiger partial charge in [-0.25, -0.2) is 18.3 Å². The number of halogens is 2. The van der Waals surface area contributed by atoms with Crippen LogP contribution < -0.4 is 5.32 Å². The number of hydrogen-bond donors (Lipinski definition) is 1. The number of alkyl halides is 2. The SMILES string of the molecule is Cc1cn2nccc(C(=O)NC3CC(F)(F)C3)c2n1. The molecule has 0 atom stereocenters. The number of rotatable bonds is 2. The number of amides is 1. The maximum Gasteiger partial charge on any atom is 0.255 e. The van der Waals surface area contributed by atoms with Gasteiger partial charge in [-0.1, -0.05) is 0 Å². The second-order valence-electron chi connectivity index (χ2n) is 4.83. The van der Waals surface area contributed by atoms with Crippen LogP contribution in [0.3, 0.4) is 0 Å². The van der Waals surface area contributed by atoms with E-state index in [2.05, 4.69) is 15.4 Å². The number of aryl methyl sites for hydroxylation is 1. The molecule has 0 bridgehead atoms. The van der Waals surface area contributed by atoms with E-state index in [1.807, 2.05) is 0 Å². The Morgan fingerprint density at radius 2 is 2.26 bits per heavy atom. The Balaban J connectivity index is 1.82. The highest BCUT2D eigenvalue weighted by molar-refractivity contribution is 5.99. The first-order valence-electron chi connectivity index (χ1n) is 5.94. The van der Waals surface area contributed by atoms with Gasteiger partial charge in [-0.05, 0) is 13.0 Å². The second kappa shape index (κ2) is 3.97. The number of carbonyl (C=O) groups is 1. The smallest absolute Gasteiger partial charge is 0.255 e. The van der Waals surface area contributed by atoms with Crippen LogP contribution in [0.1, 0.15) is 28.9 Å². The molecule has 0 saturated heterocycles. The molecular weight excluding hydrogens is 254 g/mol. The summed E-state index contributed by atoms with van der Waals surface area (Å²) in [5.41, 5.74) is 1.52. The first kappa shape index (κ1) is 12.0. The molecule has 7 heteroatoms. The number of carbonyl (C=O) groups excluding carboxylic acids is 1. The zero-order chi connectivity index (χ0) is 13.6. The van der Waals surface area contributed by atoms with Gasteiger partial charge in [0.05, 0.1) is 17.5 Å². The number of fused-ring (bicyclic) bond motifs is 1. The Bertz CT molecular complexity index is 644. The lowest BCUT2D eigenvalue weighted by molar-refractivity contribution is -0.0901. The Morgan fingerprint density at radius 1 is 1.53 bits per heavy atom. The Hall–Kier alpha value is -2.05. The van der Waals surface area contributed by atoms with Gasteiger partial charge >= 0.3 is 0 Å². The van der Waals surface area contributed by atoms with Gasteiger partial charge in [-0.2, -0.15) is 5.10 Å². The van der Waals surface area contributed by atoms with Gasteiger partial charge in [0.1, 0.15) is 0 Å². The van der Waals surface area contributed by atoms with E-state index in [1.54, 1.807) is 13.1 Å². The standard InChI is InChI=1S/C12H12F2N4O/c1-7-6-18-10(16-7)9(2-3-15-18)11(19)17-8-4-12(13,14)5-8/h2-3,6,8H,4-5H2,1H3,(H,17,19). The summed E-state index contributed by atoms with van der Waals surface area (Å²) in [5.74, 6) is -3.03. The largest absolute Gasteiger partial charge is 0.349 e. The van der Waals surface area contributed by atoms with Gasteiger partial charge < -0.3 is 5.32 Å². The highest BCUT2D eigenvalue weighted by Gasteiger charge is 2.46. The summed E-state index contributed by atoms with van der Waals surface area (Å²) in [6, 6.07) is 1.07. The second-order valence-corrected chi connectivity index (χ2v) is 4.83. The lowest BCUT2D eigenvalue weighted by atomic mass is 9.88. The van der Waals surface area contributed by atoms with Crippen molar-refractivity contribution >= 4 is 11.6 Å². The molecule has 2 aromatic rings. The summed E-state index contributed by atoms with van der Waals surface area (Å²) in [4.78, 5) is 16.3. The van der Waals surface area contributed by atoms with Crippen molar-refractivity contribution in [3.63, 3.8) is 0 Å². The van der Waals surface area contributed by atoms with E-state index in [0.717, 1.165) is 5.69 Å². The predicted octanol–water partition coefficient (Wildman–Crippen LogP) is 1.57. The molecule has 1 fully saturated rings. The molecule has 100 valence electrons. The van der Waals surface area contributed by atoms with Gasteiger partial charge in [-0.3, -0.25) is 4.79 Å². The summed E-state index contributed by atoms with van der Waals surface area (Å²) in [6.07, 6.45) is 2.59. The summed E-state index contributed by atoms with van der Waals surface area (Å²) in [5, 5.41) is 6.63. The fraction of sp³-hybridized carbons (Fsp3) is 0.417. The van der Waals surface area contributed by atoms with Crippen molar-refractivity contribution in [2.24, 2.45) is 0 Å². The lowest BCUT2D eigenvalue weighted by Gasteiger charge is -2.35. The number of aromatic nitrogens is 3. The van der Waals surface area contributed by atoms with Crippen molar-refractivity contribution in [2.45, 2.75) is 31.7 Å². The summed E-state index contributed by atoms with van der Waals surface area (Å²) in [7, 11) is 0. The third-order valence-corrected chi connectivity index (χ3v) is 3.15. The number of nitrogens with one attached hydrogen (secondary N) is 1. The minimum atomic E-state index is -2.64. The summed E-state index contributed by atoms with van der Waals surface area (Å²) in [6.45, 7) is 1.79. The van der Waals surface area contributed by atoms with Crippen LogP contribution in [0.5, 0.6) is 0 Å². The number of nitrogens with zero attached hydrogens (tertiary/aromatic N) is 3. The molecule has 0 unspecified atom stereocenters. The van der Waals surface area contributed by atoms with E-state index in [4.69, 9.17) is 0 Å². The maximum atomic E-state index is 12.7. The molecule has 3 rings (SSSR count). The molecule has 2 heterocycles. The van der Waals surface area contributed by atoms with Crippen LogP contribution in [0.2, 0.25) is 0 Å². The average Bonchev–Trinajstić information content (AvgIpc) is 2.66. The quantitative estimate of drug-likeness (QED) is 0.897. The highest BCUT2D eigenvalue weighted by Crippen LogP contribution is 2.37. The van der Waals surface area contributed by atoms with Crippen molar-refractivity contribution in [3.05, 3.63) is 29.7 Å². The van der Waals surface area contributed by atoms with Crippen LogP contribution in [0.25, 0.3) is 5.65 Å². The van der Waals surface area contributed by atoms with E-state index in [1.165, 1.54) is 16.8 Å². The molecule has 0 spiro atoms. The number of hydrogen-bond acceptors (Lipinski definition) is 3. The van der Waals surface area contributed by atoms with Gasteiger partial charge in [0, 0.05) is 25.1 Å². The first-order chi connectivity index (χ1) is 8.94. The van der Waals surface area contributed by atoms with Crippen LogP contribution in [0, 0.1) is 6.92 Å². The van der Waals surface area contributed by atoms with E-state index >= 15 is 0 Å². The summed E-state index contributed by atoms with van der Waals surface area (Å²) < 4.78 is 26.9. The van der Waals surface area contributed by atoms with Crippen LogP contribution >= 0.6 is 0 Å². The van der Waals surface area contributed by atoms with Crippen LogP contribution in [0.15, 0.2) is 18.5 Å². The molecule has 1 aliphatic rings. The Labute approximate surface area is 107 Å². The van der Waals surface area contributed by atoms with Crippen LogP contribution in [-0.4, -0.2) is 32.5 Å². The van der Waals surface area contributed by atoms with Gasteiger partial charge in [-0.15, -0.1) is 0 Å². The van der Waals surface area contributed by atoms with Crippen molar-refractivity contribution in [1.82, 2.24) is 19.9 Å². The molecule has 1 N–H and O–H groups in total. The van der Waals surface area contributed by atoms with Gasteiger partial charge in [0.25, 0.3) is 11.8 Å². The molecule has 1 aliphatic carbocycles. The van der Waals surface area contributed by atoms with E-state index in [9.17, 15) is 13.6 Å². The first-order valence-corrected chi connectivity index (χ1v) is 5.94. The molecule has 0 aromatic carbocycles. The summed E-state index contributed by atoms with van der Waals surface area (Å²) >= 11 is 0. The van der Waals surface area contributed by atoms with Crippen molar-refractivity contribution in [1.29, 1.82) is 0 Å². The maximum absolute atomic E-state index is 12.7. The van der Waals surface area contributed by atoms with E-state index < -0.39 is 17.9 Å². The van der Waals surface area contributed by atoms with Gasteiger partial charge in [0.15, 0.2) is 5.65 Å². The molecule has 5 nitrogen and oxygen atoms in total. The third kappa shape index (κ3) is 2.16. The van der Waals surface area contributed by atoms with E-state index in [0.29, 0.717) is 11.2 Å². The molecule has 0 radical (unpaired) electrons. The molecule has 19 heavy (non-hydrogen) atoms. The fourth-order valence-corrected chi connectivity index (χ4v) is 2.21. The van der Waals surface area contributed by atoms with Crippen molar-refractivity contribution in [3.8, 4) is 0 Å². The molecular formula is C12H12F2N4O. The Kier molecular flexibility index (Phi) is 2.51. The number of imidazole rings is 1. The molecule has 1 amide bonds. The zero-order valence-electron chi connectivity index (χ0n) is 10.2. The molecule has 1 saturated carbocycles. The monoisotopic (exact) mass is 266 g/mol. The van der Waals surface area contributed by atoms with Crippen molar-refractivity contribution < 1.29 is 13.6 Å². The van der Waals surface area contributed by atoms with Crippen molar-refractivity contribution in [2.75, 3.05) is 0 Å². The minimum absolute atomic E-state index is 0.298. The predicted molar refractivity (Wildman–Crippen MR) is 63.2 cm³/mol. The fourth-order valence-electron chi connectivity index (χ4n) is 2.21.